The summed E-state index contributed by atoms with van der Waals surface area (Å²) < 4.78 is 7.00. The summed E-state index contributed by atoms with van der Waals surface area (Å²) >= 11 is 6.69. The molecule has 30 heavy (non-hydrogen) atoms. The lowest BCUT2D eigenvalue weighted by Gasteiger charge is -2.36. The van der Waals surface area contributed by atoms with Crippen LogP contribution in [0.25, 0.3) is 0 Å². The van der Waals surface area contributed by atoms with Crippen LogP contribution >= 0.6 is 31.9 Å². The van der Waals surface area contributed by atoms with E-state index in [-0.39, 0.29) is 12.0 Å². The topological polar surface area (TPSA) is 77.7 Å². The summed E-state index contributed by atoms with van der Waals surface area (Å²) in [5.74, 6) is -0.163. The summed E-state index contributed by atoms with van der Waals surface area (Å²) in [5, 5.41) is 2.91. The second kappa shape index (κ2) is 9.43. The highest BCUT2D eigenvalue weighted by Crippen LogP contribution is 2.23. The van der Waals surface area contributed by atoms with E-state index in [1.54, 1.807) is 11.0 Å². The normalized spacial score (nSPS) is 14.6. The van der Waals surface area contributed by atoms with Gasteiger partial charge < -0.3 is 24.8 Å². The van der Waals surface area contributed by atoms with E-state index in [1.807, 2.05) is 45.0 Å². The molecule has 0 radical (unpaired) electrons. The van der Waals surface area contributed by atoms with Gasteiger partial charge in [-0.2, -0.15) is 0 Å². The maximum Gasteiger partial charge on any atom is 0.410 e. The molecule has 0 unspecified atom stereocenters. The molecule has 0 aliphatic carbocycles. The minimum Gasteiger partial charge on any atom is -0.444 e. The van der Waals surface area contributed by atoms with E-state index in [4.69, 9.17) is 4.74 Å². The molecule has 2 amide bonds. The fraction of sp³-hybridized carbons (Fsp3) is 0.429. The number of H-pyrrole nitrogens is 1. The van der Waals surface area contributed by atoms with Gasteiger partial charge in [-0.3, -0.25) is 4.79 Å². The highest BCUT2D eigenvalue weighted by atomic mass is 79.9. The Hall–Kier alpha value is -2.00. The Morgan fingerprint density at radius 2 is 1.73 bits per heavy atom. The predicted octanol–water partition coefficient (Wildman–Crippen LogP) is 4.53. The van der Waals surface area contributed by atoms with Crippen molar-refractivity contribution in [3.05, 3.63) is 50.7 Å². The van der Waals surface area contributed by atoms with Crippen molar-refractivity contribution in [1.29, 1.82) is 0 Å². The van der Waals surface area contributed by atoms with E-state index < -0.39 is 5.60 Å². The lowest BCUT2D eigenvalue weighted by molar-refractivity contribution is 0.0240. The van der Waals surface area contributed by atoms with Gasteiger partial charge in [0.25, 0.3) is 5.91 Å². The van der Waals surface area contributed by atoms with Crippen molar-refractivity contribution in [2.24, 2.45) is 0 Å². The van der Waals surface area contributed by atoms with Crippen molar-refractivity contribution in [3.63, 3.8) is 0 Å². The standard InChI is InChI=1S/C21H26Br2N4O3/c1-21(2,3)30-20(29)27-10-8-26(9-11-27)15-6-4-14(5-7-15)13-24-19(28)17-12-16(22)18(23)25-17/h4-7,12,25H,8-11,13H2,1-3H3,(H,24,28). The molecule has 1 fully saturated rings. The number of nitrogens with one attached hydrogen (secondary N) is 2. The van der Waals surface area contributed by atoms with E-state index in [2.05, 4.69) is 47.1 Å². The second-order valence-corrected chi connectivity index (χ2v) is 9.80. The zero-order chi connectivity index (χ0) is 21.9. The first-order valence-electron chi connectivity index (χ1n) is 9.76. The number of carbonyl (C=O) groups is 2. The molecule has 0 spiro atoms. The van der Waals surface area contributed by atoms with Gasteiger partial charge in [0.15, 0.2) is 0 Å². The fourth-order valence-corrected chi connectivity index (χ4v) is 3.76. The molecule has 0 bridgehead atoms. The third-order valence-corrected chi connectivity index (χ3v) is 6.44. The summed E-state index contributed by atoms with van der Waals surface area (Å²) in [6.07, 6.45) is -0.255. The summed E-state index contributed by atoms with van der Waals surface area (Å²) in [6.45, 7) is 8.85. The maximum atomic E-state index is 12.2. The number of ether oxygens (including phenoxy) is 1. The molecule has 0 atom stereocenters. The van der Waals surface area contributed by atoms with Crippen LogP contribution in [-0.4, -0.2) is 53.7 Å². The number of hydrogen-bond acceptors (Lipinski definition) is 4. The quantitative estimate of drug-likeness (QED) is 0.596. The van der Waals surface area contributed by atoms with Crippen LogP contribution in [0.4, 0.5) is 10.5 Å². The van der Waals surface area contributed by atoms with Gasteiger partial charge in [-0.05, 0) is 76.4 Å². The van der Waals surface area contributed by atoms with E-state index in [1.165, 1.54) is 0 Å². The zero-order valence-corrected chi connectivity index (χ0v) is 20.5. The molecule has 7 nitrogen and oxygen atoms in total. The first kappa shape index (κ1) is 22.7. The van der Waals surface area contributed by atoms with Crippen LogP contribution in [-0.2, 0) is 11.3 Å². The number of nitrogens with zero attached hydrogens (tertiary/aromatic N) is 2. The van der Waals surface area contributed by atoms with Crippen LogP contribution in [0.2, 0.25) is 0 Å². The number of benzene rings is 1. The third-order valence-electron chi connectivity index (χ3n) is 4.66. The number of amides is 2. The van der Waals surface area contributed by atoms with Crippen molar-refractivity contribution in [2.75, 3.05) is 31.1 Å². The van der Waals surface area contributed by atoms with Crippen molar-refractivity contribution in [2.45, 2.75) is 32.9 Å². The molecule has 1 aromatic carbocycles. The Balaban J connectivity index is 1.49. The average Bonchev–Trinajstić information content (AvgIpc) is 3.04. The molecule has 9 heteroatoms. The van der Waals surface area contributed by atoms with E-state index >= 15 is 0 Å². The highest BCUT2D eigenvalue weighted by molar-refractivity contribution is 9.13. The van der Waals surface area contributed by atoms with Crippen LogP contribution in [0.5, 0.6) is 0 Å². The maximum absolute atomic E-state index is 12.2. The van der Waals surface area contributed by atoms with Crippen molar-refractivity contribution < 1.29 is 14.3 Å². The number of rotatable bonds is 4. The fourth-order valence-electron chi connectivity index (χ4n) is 3.10. The molecule has 3 rings (SSSR count). The van der Waals surface area contributed by atoms with Crippen LogP contribution in [0.15, 0.2) is 39.4 Å². The molecule has 1 saturated heterocycles. The molecular formula is C21H26Br2N4O3. The Bertz CT molecular complexity index is 878. The Morgan fingerprint density at radius 3 is 2.27 bits per heavy atom. The van der Waals surface area contributed by atoms with Crippen LogP contribution in [0, 0.1) is 0 Å². The number of aromatic amines is 1. The SMILES string of the molecule is CC(C)(C)OC(=O)N1CCN(c2ccc(CNC(=O)c3cc(Br)c(Br)[nH]3)cc2)CC1. The molecule has 1 aromatic heterocycles. The van der Waals surface area contributed by atoms with Gasteiger partial charge in [-0.1, -0.05) is 12.1 Å². The minimum atomic E-state index is -0.479. The zero-order valence-electron chi connectivity index (χ0n) is 17.3. The van der Waals surface area contributed by atoms with Gasteiger partial charge in [0, 0.05) is 38.4 Å². The van der Waals surface area contributed by atoms with E-state index in [0.717, 1.165) is 33.4 Å². The molecule has 162 valence electrons. The lowest BCUT2D eigenvalue weighted by Crippen LogP contribution is -2.50. The van der Waals surface area contributed by atoms with Crippen molar-refractivity contribution in [3.8, 4) is 0 Å². The summed E-state index contributed by atoms with van der Waals surface area (Å²) in [4.78, 5) is 31.4. The summed E-state index contributed by atoms with van der Waals surface area (Å²) in [7, 11) is 0. The van der Waals surface area contributed by atoms with Gasteiger partial charge >= 0.3 is 6.09 Å². The van der Waals surface area contributed by atoms with Crippen LogP contribution in [0.3, 0.4) is 0 Å². The Kier molecular flexibility index (Phi) is 7.13. The number of anilines is 1. The average molecular weight is 542 g/mol. The number of aromatic nitrogens is 1. The van der Waals surface area contributed by atoms with Gasteiger partial charge in [0.1, 0.15) is 11.3 Å². The number of halogens is 2. The highest BCUT2D eigenvalue weighted by Gasteiger charge is 2.25. The predicted molar refractivity (Wildman–Crippen MR) is 124 cm³/mol. The lowest BCUT2D eigenvalue weighted by atomic mass is 10.1. The second-order valence-electron chi connectivity index (χ2n) is 8.15. The van der Waals surface area contributed by atoms with Gasteiger partial charge in [-0.15, -0.1) is 0 Å². The number of piperazine rings is 1. The van der Waals surface area contributed by atoms with Crippen LogP contribution in [0.1, 0.15) is 36.8 Å². The van der Waals surface area contributed by atoms with Crippen molar-refractivity contribution in [1.82, 2.24) is 15.2 Å². The number of carbonyl (C=O) groups excluding carboxylic acids is 2. The summed E-state index contributed by atoms with van der Waals surface area (Å²) in [6, 6.07) is 9.85. The first-order chi connectivity index (χ1) is 14.1. The molecular weight excluding hydrogens is 516 g/mol. The molecule has 1 aliphatic rings. The van der Waals surface area contributed by atoms with Crippen molar-refractivity contribution >= 4 is 49.5 Å². The van der Waals surface area contributed by atoms with E-state index in [0.29, 0.717) is 25.3 Å². The van der Waals surface area contributed by atoms with Gasteiger partial charge in [0.05, 0.1) is 9.08 Å². The molecule has 0 saturated carbocycles. The molecule has 2 heterocycles. The minimum absolute atomic E-state index is 0.163. The van der Waals surface area contributed by atoms with Crippen LogP contribution < -0.4 is 10.2 Å². The monoisotopic (exact) mass is 540 g/mol. The largest absolute Gasteiger partial charge is 0.444 e. The number of hydrogen-bond donors (Lipinski definition) is 2. The van der Waals surface area contributed by atoms with Gasteiger partial charge in [0.2, 0.25) is 0 Å². The molecule has 2 N–H and O–H groups in total. The smallest absolute Gasteiger partial charge is 0.410 e. The molecule has 2 aromatic rings. The Morgan fingerprint density at radius 1 is 1.10 bits per heavy atom. The third kappa shape index (κ3) is 6.01. The molecule has 1 aliphatic heterocycles. The van der Waals surface area contributed by atoms with E-state index in [9.17, 15) is 9.59 Å². The van der Waals surface area contributed by atoms with Gasteiger partial charge in [-0.25, -0.2) is 4.79 Å². The summed E-state index contributed by atoms with van der Waals surface area (Å²) in [5.41, 5.74) is 2.14. The first-order valence-corrected chi connectivity index (χ1v) is 11.3. The Labute approximate surface area is 193 Å².